The zero-order chi connectivity index (χ0) is 15.4. The number of anilines is 1. The summed E-state index contributed by atoms with van der Waals surface area (Å²) in [6.45, 7) is 7.69. The van der Waals surface area contributed by atoms with Crippen molar-refractivity contribution < 1.29 is 9.47 Å². The second-order valence-electron chi connectivity index (χ2n) is 5.09. The molecule has 3 rings (SSSR count). The van der Waals surface area contributed by atoms with Crippen molar-refractivity contribution in [3.8, 4) is 11.5 Å². The lowest BCUT2D eigenvalue weighted by molar-refractivity contribution is 0.173. The molecule has 0 radical (unpaired) electrons. The third-order valence-corrected chi connectivity index (χ3v) is 4.68. The zero-order valence-corrected chi connectivity index (χ0v) is 13.9. The number of fused-ring (bicyclic) bond motifs is 1. The summed E-state index contributed by atoms with van der Waals surface area (Å²) in [5.74, 6) is 1.75. The van der Waals surface area contributed by atoms with Crippen molar-refractivity contribution in [2.24, 2.45) is 0 Å². The van der Waals surface area contributed by atoms with Gasteiger partial charge >= 0.3 is 0 Å². The Morgan fingerprint density at radius 3 is 2.50 bits per heavy atom. The molecule has 116 valence electrons. The molecule has 0 fully saturated rings. The molecule has 1 aromatic heterocycles. The highest BCUT2D eigenvalue weighted by atomic mass is 32.1. The van der Waals surface area contributed by atoms with Gasteiger partial charge in [0, 0.05) is 24.2 Å². The highest BCUT2D eigenvalue weighted by Crippen LogP contribution is 2.40. The van der Waals surface area contributed by atoms with Crippen LogP contribution >= 0.6 is 11.3 Å². The smallest absolute Gasteiger partial charge is 0.179 e. The first kappa shape index (κ1) is 15.0. The van der Waals surface area contributed by atoms with Crippen molar-refractivity contribution >= 4 is 29.2 Å². The second kappa shape index (κ2) is 6.88. The van der Waals surface area contributed by atoms with Gasteiger partial charge in [0.15, 0.2) is 11.5 Å². The molecule has 0 aliphatic carbocycles. The molecular formula is C18H21NO2S. The number of nitrogens with zero attached hydrogens (tertiary/aromatic N) is 1. The number of rotatable bonds is 5. The Balaban J connectivity index is 1.74. The molecule has 0 spiro atoms. The van der Waals surface area contributed by atoms with Gasteiger partial charge in [-0.05, 0) is 37.6 Å². The molecule has 22 heavy (non-hydrogen) atoms. The molecule has 4 heteroatoms. The highest BCUT2D eigenvalue weighted by Gasteiger charge is 2.16. The van der Waals surface area contributed by atoms with Crippen LogP contribution in [-0.4, -0.2) is 26.3 Å². The fourth-order valence-corrected chi connectivity index (χ4v) is 3.38. The summed E-state index contributed by atoms with van der Waals surface area (Å²) in [6.07, 6.45) is 4.22. The lowest BCUT2D eigenvalue weighted by Crippen LogP contribution is -2.21. The van der Waals surface area contributed by atoms with E-state index in [0.29, 0.717) is 13.2 Å². The van der Waals surface area contributed by atoms with E-state index in [0.717, 1.165) is 29.5 Å². The third-order valence-electron chi connectivity index (χ3n) is 3.78. The van der Waals surface area contributed by atoms with Crippen LogP contribution in [0.3, 0.4) is 0 Å². The molecule has 0 unspecified atom stereocenters. The zero-order valence-electron chi connectivity index (χ0n) is 13.0. The van der Waals surface area contributed by atoms with Gasteiger partial charge in [-0.3, -0.25) is 0 Å². The van der Waals surface area contributed by atoms with Crippen LogP contribution in [0.15, 0.2) is 29.6 Å². The molecule has 0 amide bonds. The van der Waals surface area contributed by atoms with E-state index in [4.69, 9.17) is 9.47 Å². The molecular weight excluding hydrogens is 294 g/mol. The summed E-state index contributed by atoms with van der Waals surface area (Å²) in [5.41, 5.74) is 2.46. The summed E-state index contributed by atoms with van der Waals surface area (Å²) in [5, 5.41) is 2.01. The number of hydrogen-bond donors (Lipinski definition) is 0. The van der Waals surface area contributed by atoms with Gasteiger partial charge in [-0.15, -0.1) is 11.3 Å². The Morgan fingerprint density at radius 1 is 1.05 bits per heavy atom. The van der Waals surface area contributed by atoms with Crippen molar-refractivity contribution in [3.05, 3.63) is 40.1 Å². The van der Waals surface area contributed by atoms with Crippen molar-refractivity contribution in [2.75, 3.05) is 31.2 Å². The van der Waals surface area contributed by atoms with Gasteiger partial charge < -0.3 is 14.4 Å². The lowest BCUT2D eigenvalue weighted by Gasteiger charge is -2.20. The quantitative estimate of drug-likeness (QED) is 0.809. The van der Waals surface area contributed by atoms with Gasteiger partial charge in [0.1, 0.15) is 13.2 Å². The van der Waals surface area contributed by atoms with Gasteiger partial charge in [0.25, 0.3) is 0 Å². The number of hydrogen-bond acceptors (Lipinski definition) is 4. The average molecular weight is 315 g/mol. The van der Waals surface area contributed by atoms with Crippen LogP contribution in [0.25, 0.3) is 12.2 Å². The fourth-order valence-electron chi connectivity index (χ4n) is 2.55. The van der Waals surface area contributed by atoms with Crippen LogP contribution in [0.1, 0.15) is 24.3 Å². The molecule has 3 nitrogen and oxygen atoms in total. The number of ether oxygens (including phenoxy) is 2. The van der Waals surface area contributed by atoms with Crippen molar-refractivity contribution in [3.63, 3.8) is 0 Å². The van der Waals surface area contributed by atoms with Gasteiger partial charge in [-0.25, -0.2) is 0 Å². The first-order valence-electron chi connectivity index (χ1n) is 7.72. The maximum absolute atomic E-state index is 5.69. The highest BCUT2D eigenvalue weighted by molar-refractivity contribution is 7.11. The van der Waals surface area contributed by atoms with Crippen molar-refractivity contribution in [1.29, 1.82) is 0 Å². The number of thiophene rings is 1. The molecule has 2 heterocycles. The minimum Gasteiger partial charge on any atom is -0.485 e. The lowest BCUT2D eigenvalue weighted by atomic mass is 10.1. The van der Waals surface area contributed by atoms with E-state index >= 15 is 0 Å². The number of benzene rings is 1. The molecule has 1 aliphatic heterocycles. The fraction of sp³-hybridized carbons (Fsp3) is 0.333. The molecule has 1 aliphatic rings. The third kappa shape index (κ3) is 3.12. The normalized spacial score (nSPS) is 13.5. The van der Waals surface area contributed by atoms with E-state index in [-0.39, 0.29) is 0 Å². The van der Waals surface area contributed by atoms with E-state index < -0.39 is 0 Å². The summed E-state index contributed by atoms with van der Waals surface area (Å²) >= 11 is 1.65. The maximum Gasteiger partial charge on any atom is 0.179 e. The molecule has 0 bridgehead atoms. The first-order valence-corrected chi connectivity index (χ1v) is 8.60. The Bertz CT molecular complexity index is 642. The average Bonchev–Trinajstić information content (AvgIpc) is 2.98. The Morgan fingerprint density at radius 2 is 1.77 bits per heavy atom. The summed E-state index contributed by atoms with van der Waals surface area (Å²) in [4.78, 5) is 3.46. The van der Waals surface area contributed by atoms with Crippen LogP contribution in [0.2, 0.25) is 0 Å². The predicted octanol–water partition coefficient (Wildman–Crippen LogP) is 4.54. The Labute approximate surface area is 135 Å². The van der Waals surface area contributed by atoms with Crippen LogP contribution in [0.5, 0.6) is 11.5 Å². The van der Waals surface area contributed by atoms with Crippen LogP contribution < -0.4 is 14.4 Å². The van der Waals surface area contributed by atoms with E-state index in [1.54, 1.807) is 11.3 Å². The largest absolute Gasteiger partial charge is 0.485 e. The molecule has 1 aromatic carbocycles. The van der Waals surface area contributed by atoms with Gasteiger partial charge in [0.2, 0.25) is 0 Å². The van der Waals surface area contributed by atoms with E-state index in [1.807, 2.05) is 5.38 Å². The first-order chi connectivity index (χ1) is 10.8. The topological polar surface area (TPSA) is 21.7 Å². The maximum atomic E-state index is 5.69. The summed E-state index contributed by atoms with van der Waals surface area (Å²) in [7, 11) is 0. The van der Waals surface area contributed by atoms with Crippen LogP contribution in [0, 0.1) is 0 Å². The summed E-state index contributed by atoms with van der Waals surface area (Å²) < 4.78 is 11.3. The SMILES string of the molecule is CCN(CC)c1ccc(/C=C/c2scc3c2OCCO3)cc1. The minimum absolute atomic E-state index is 0.628. The molecule has 0 saturated carbocycles. The van der Waals surface area contributed by atoms with Crippen LogP contribution in [0.4, 0.5) is 5.69 Å². The monoisotopic (exact) mass is 315 g/mol. The van der Waals surface area contributed by atoms with E-state index in [2.05, 4.69) is 55.2 Å². The van der Waals surface area contributed by atoms with Gasteiger partial charge in [0.05, 0.1) is 4.88 Å². The minimum atomic E-state index is 0.628. The molecule has 0 N–H and O–H groups in total. The molecule has 0 atom stereocenters. The van der Waals surface area contributed by atoms with Crippen molar-refractivity contribution in [2.45, 2.75) is 13.8 Å². The Hall–Kier alpha value is -1.94. The van der Waals surface area contributed by atoms with E-state index in [9.17, 15) is 0 Å². The van der Waals surface area contributed by atoms with Crippen molar-refractivity contribution in [1.82, 2.24) is 0 Å². The van der Waals surface area contributed by atoms with E-state index in [1.165, 1.54) is 11.3 Å². The Kier molecular flexibility index (Phi) is 4.68. The van der Waals surface area contributed by atoms with Gasteiger partial charge in [-0.1, -0.05) is 18.2 Å². The predicted molar refractivity (Wildman–Crippen MR) is 94.2 cm³/mol. The van der Waals surface area contributed by atoms with Gasteiger partial charge in [-0.2, -0.15) is 0 Å². The standard InChI is InChI=1S/C18H21NO2S/c1-3-19(4-2)15-8-5-14(6-9-15)7-10-17-18-16(13-22-17)20-11-12-21-18/h5-10,13H,3-4,11-12H2,1-2H3/b10-7+. The molecule has 0 saturated heterocycles. The summed E-state index contributed by atoms with van der Waals surface area (Å²) in [6, 6.07) is 8.66. The van der Waals surface area contributed by atoms with Crippen LogP contribution in [-0.2, 0) is 0 Å². The molecule has 2 aromatic rings. The second-order valence-corrected chi connectivity index (χ2v) is 6.00.